The van der Waals surface area contributed by atoms with E-state index in [0.29, 0.717) is 0 Å². The normalized spacial score (nSPS) is 10.4. The van der Waals surface area contributed by atoms with Crippen molar-refractivity contribution in [1.82, 2.24) is 4.98 Å². The number of carbonyl (C=O) groups is 1. The van der Waals surface area contributed by atoms with E-state index in [0.717, 1.165) is 33.2 Å². The van der Waals surface area contributed by atoms with Crippen molar-refractivity contribution >= 4 is 28.7 Å². The Morgan fingerprint density at radius 2 is 1.30 bits per heavy atom. The molecule has 0 unspecified atom stereocenters. The zero-order valence-corrected chi connectivity index (χ0v) is 15.2. The summed E-state index contributed by atoms with van der Waals surface area (Å²) in [6.45, 7) is 0. The van der Waals surface area contributed by atoms with Gasteiger partial charge in [-0.15, -0.1) is 11.3 Å². The lowest BCUT2D eigenvalue weighted by Gasteiger charge is -2.08. The number of aromatic nitrogens is 1. The number of hydrogen-bond donors (Lipinski definition) is 2. The van der Waals surface area contributed by atoms with Gasteiger partial charge >= 0.3 is 6.03 Å². The molecule has 0 aliphatic rings. The monoisotopic (exact) mass is 371 g/mol. The third kappa shape index (κ3) is 4.22. The van der Waals surface area contributed by atoms with Gasteiger partial charge in [-0.2, -0.15) is 0 Å². The molecule has 2 N–H and O–H groups in total. The minimum atomic E-state index is -0.269. The number of thiazole rings is 1. The van der Waals surface area contributed by atoms with Crippen LogP contribution in [0.4, 0.5) is 16.2 Å². The van der Waals surface area contributed by atoms with Gasteiger partial charge in [0.2, 0.25) is 0 Å². The van der Waals surface area contributed by atoms with Crippen molar-refractivity contribution in [2.45, 2.75) is 0 Å². The number of para-hydroxylation sites is 1. The van der Waals surface area contributed by atoms with Gasteiger partial charge in [-0.1, -0.05) is 60.7 Å². The summed E-state index contributed by atoms with van der Waals surface area (Å²) >= 11 is 1.62. The van der Waals surface area contributed by atoms with E-state index in [-0.39, 0.29) is 6.03 Å². The summed E-state index contributed by atoms with van der Waals surface area (Å²) in [6.07, 6.45) is 0. The molecule has 132 valence electrons. The number of amides is 2. The van der Waals surface area contributed by atoms with Gasteiger partial charge in [0.1, 0.15) is 5.01 Å². The second-order valence-corrected chi connectivity index (χ2v) is 6.78. The predicted molar refractivity (Wildman–Crippen MR) is 112 cm³/mol. The first-order chi connectivity index (χ1) is 13.3. The van der Waals surface area contributed by atoms with Crippen LogP contribution < -0.4 is 10.6 Å². The number of rotatable bonds is 4. The highest BCUT2D eigenvalue weighted by Crippen LogP contribution is 2.29. The molecule has 3 aromatic carbocycles. The molecule has 4 aromatic rings. The molecule has 0 bridgehead atoms. The van der Waals surface area contributed by atoms with E-state index in [1.165, 1.54) is 0 Å². The molecule has 0 spiro atoms. The third-order valence-corrected chi connectivity index (χ3v) is 4.89. The maximum absolute atomic E-state index is 12.1. The van der Waals surface area contributed by atoms with E-state index in [4.69, 9.17) is 4.98 Å². The van der Waals surface area contributed by atoms with Gasteiger partial charge in [-0.25, -0.2) is 9.78 Å². The Kier molecular flexibility index (Phi) is 4.94. The highest BCUT2D eigenvalue weighted by Gasteiger charge is 2.07. The lowest BCUT2D eigenvalue weighted by Crippen LogP contribution is -2.19. The van der Waals surface area contributed by atoms with Crippen LogP contribution in [0.1, 0.15) is 0 Å². The fourth-order valence-corrected chi connectivity index (χ4v) is 3.49. The zero-order valence-electron chi connectivity index (χ0n) is 14.4. The highest BCUT2D eigenvalue weighted by atomic mass is 32.1. The van der Waals surface area contributed by atoms with Gasteiger partial charge in [0, 0.05) is 27.9 Å². The predicted octanol–water partition coefficient (Wildman–Crippen LogP) is 6.12. The van der Waals surface area contributed by atoms with Crippen molar-refractivity contribution in [3.8, 4) is 21.8 Å². The molecule has 2 amide bonds. The first kappa shape index (κ1) is 17.0. The van der Waals surface area contributed by atoms with Gasteiger partial charge in [-0.05, 0) is 24.3 Å². The maximum atomic E-state index is 12.1. The van der Waals surface area contributed by atoms with Crippen LogP contribution in [0.2, 0.25) is 0 Å². The van der Waals surface area contributed by atoms with Gasteiger partial charge < -0.3 is 10.6 Å². The zero-order chi connectivity index (χ0) is 18.5. The summed E-state index contributed by atoms with van der Waals surface area (Å²) in [5, 5.41) is 8.67. The Morgan fingerprint density at radius 3 is 1.96 bits per heavy atom. The summed E-state index contributed by atoms with van der Waals surface area (Å²) in [4.78, 5) is 16.8. The van der Waals surface area contributed by atoms with E-state index in [2.05, 4.69) is 22.8 Å². The third-order valence-electron chi connectivity index (χ3n) is 4.00. The molecule has 0 atom stereocenters. The van der Waals surface area contributed by atoms with Gasteiger partial charge in [0.25, 0.3) is 0 Å². The molecule has 0 fully saturated rings. The Morgan fingerprint density at radius 1 is 0.704 bits per heavy atom. The highest BCUT2D eigenvalue weighted by molar-refractivity contribution is 7.13. The fraction of sp³-hybridized carbons (Fsp3) is 0. The molecule has 4 rings (SSSR count). The minimum absolute atomic E-state index is 0.269. The molecular weight excluding hydrogens is 354 g/mol. The molecule has 5 heteroatoms. The maximum Gasteiger partial charge on any atom is 0.323 e. The lowest BCUT2D eigenvalue weighted by atomic mass is 10.1. The molecule has 27 heavy (non-hydrogen) atoms. The van der Waals surface area contributed by atoms with Gasteiger partial charge in [0.05, 0.1) is 5.69 Å². The molecule has 0 radical (unpaired) electrons. The molecule has 0 aliphatic heterocycles. The summed E-state index contributed by atoms with van der Waals surface area (Å²) < 4.78 is 0. The second kappa shape index (κ2) is 7.85. The van der Waals surface area contributed by atoms with Crippen molar-refractivity contribution < 1.29 is 4.79 Å². The Hall–Kier alpha value is -3.44. The summed E-state index contributed by atoms with van der Waals surface area (Å²) in [6, 6.07) is 26.9. The number of hydrogen-bond acceptors (Lipinski definition) is 3. The van der Waals surface area contributed by atoms with Crippen LogP contribution in [-0.4, -0.2) is 11.0 Å². The van der Waals surface area contributed by atoms with E-state index >= 15 is 0 Å². The number of nitrogens with one attached hydrogen (secondary N) is 2. The summed E-state index contributed by atoms with van der Waals surface area (Å²) in [5.41, 5.74) is 4.54. The number of urea groups is 1. The van der Waals surface area contributed by atoms with Crippen LogP contribution in [0.25, 0.3) is 21.8 Å². The molecule has 4 nitrogen and oxygen atoms in total. The fourth-order valence-electron chi connectivity index (χ4n) is 2.66. The molecular formula is C22H17N3OS. The summed E-state index contributed by atoms with van der Waals surface area (Å²) in [5.74, 6) is 0. The second-order valence-electron chi connectivity index (χ2n) is 5.93. The van der Waals surface area contributed by atoms with Crippen LogP contribution in [-0.2, 0) is 0 Å². The number of nitrogens with zero attached hydrogens (tertiary/aromatic N) is 1. The van der Waals surface area contributed by atoms with E-state index < -0.39 is 0 Å². The molecule has 0 saturated heterocycles. The molecule has 1 heterocycles. The molecule has 0 saturated carbocycles. The van der Waals surface area contributed by atoms with Crippen molar-refractivity contribution in [2.75, 3.05) is 10.6 Å². The first-order valence-electron chi connectivity index (χ1n) is 8.52. The Bertz CT molecular complexity index is 1030. The van der Waals surface area contributed by atoms with Crippen molar-refractivity contribution in [2.24, 2.45) is 0 Å². The average Bonchev–Trinajstić information content (AvgIpc) is 3.20. The van der Waals surface area contributed by atoms with E-state index in [1.807, 2.05) is 78.2 Å². The standard InChI is InChI=1S/C22H17N3OS/c26-22(23-18-9-5-2-6-10-18)24-19-13-11-16(12-14-19)20-15-27-21(25-20)17-7-3-1-4-8-17/h1-15H,(H2,23,24,26). The number of benzene rings is 3. The van der Waals surface area contributed by atoms with Crippen LogP contribution in [0.5, 0.6) is 0 Å². The quantitative estimate of drug-likeness (QED) is 0.454. The number of carbonyl (C=O) groups excluding carboxylic acids is 1. The van der Waals surface area contributed by atoms with E-state index in [9.17, 15) is 4.79 Å². The topological polar surface area (TPSA) is 54.0 Å². The summed E-state index contributed by atoms with van der Waals surface area (Å²) in [7, 11) is 0. The van der Waals surface area contributed by atoms with Crippen LogP contribution in [0, 0.1) is 0 Å². The van der Waals surface area contributed by atoms with Gasteiger partial charge in [-0.3, -0.25) is 0 Å². The van der Waals surface area contributed by atoms with Crippen molar-refractivity contribution in [3.63, 3.8) is 0 Å². The average molecular weight is 371 g/mol. The van der Waals surface area contributed by atoms with Crippen LogP contribution >= 0.6 is 11.3 Å². The Balaban J connectivity index is 1.43. The molecule has 0 aliphatic carbocycles. The number of anilines is 2. The van der Waals surface area contributed by atoms with Crippen molar-refractivity contribution in [3.05, 3.63) is 90.3 Å². The lowest BCUT2D eigenvalue weighted by molar-refractivity contribution is 0.262. The SMILES string of the molecule is O=C(Nc1ccccc1)Nc1ccc(-c2csc(-c3ccccc3)n2)cc1. The largest absolute Gasteiger partial charge is 0.323 e. The minimum Gasteiger partial charge on any atom is -0.308 e. The van der Waals surface area contributed by atoms with Crippen LogP contribution in [0.15, 0.2) is 90.3 Å². The Labute approximate surface area is 161 Å². The molecule has 1 aromatic heterocycles. The van der Waals surface area contributed by atoms with Crippen molar-refractivity contribution in [1.29, 1.82) is 0 Å². The van der Waals surface area contributed by atoms with Gasteiger partial charge in [0.15, 0.2) is 0 Å². The van der Waals surface area contributed by atoms with E-state index in [1.54, 1.807) is 11.3 Å². The smallest absolute Gasteiger partial charge is 0.308 e. The first-order valence-corrected chi connectivity index (χ1v) is 9.40. The van der Waals surface area contributed by atoms with Crippen LogP contribution in [0.3, 0.4) is 0 Å².